The molecule has 23 heavy (non-hydrogen) atoms. The number of Topliss-reactive ketones (excluding diaryl/α,β-unsaturated/α-hetero) is 1. The van der Waals surface area contributed by atoms with Crippen molar-refractivity contribution in [2.24, 2.45) is 0 Å². The molecule has 0 saturated carbocycles. The van der Waals surface area contributed by atoms with Gasteiger partial charge in [-0.2, -0.15) is 0 Å². The van der Waals surface area contributed by atoms with Gasteiger partial charge in [0.25, 0.3) is 5.91 Å². The first-order valence-corrected chi connectivity index (χ1v) is 7.60. The molecule has 1 aromatic carbocycles. The van der Waals surface area contributed by atoms with E-state index in [1.165, 1.54) is 37.1 Å². The monoisotopic (exact) mass is 334 g/mol. The summed E-state index contributed by atoms with van der Waals surface area (Å²) < 4.78 is 13.1. The number of benzene rings is 1. The topological polar surface area (TPSA) is 66.5 Å². The number of carbonyl (C=O) groups is 3. The number of hydrogen-bond donors (Lipinski definition) is 1. The molecule has 0 bridgehead atoms. The second-order valence-corrected chi connectivity index (χ2v) is 6.02. The molecule has 120 valence electrons. The predicted octanol–water partition coefficient (Wildman–Crippen LogP) is 2.80. The summed E-state index contributed by atoms with van der Waals surface area (Å²) in [6, 6.07) is 8.65. The van der Waals surface area contributed by atoms with Crippen LogP contribution in [0.4, 0.5) is 10.1 Å². The first kappa shape index (κ1) is 16.8. The Bertz CT molecular complexity index is 757. The zero-order valence-electron chi connectivity index (χ0n) is 12.6. The summed E-state index contributed by atoms with van der Waals surface area (Å²) in [7, 11) is 1.49. The Morgan fingerprint density at radius 2 is 1.87 bits per heavy atom. The van der Waals surface area contributed by atoms with Gasteiger partial charge < -0.3 is 10.2 Å². The van der Waals surface area contributed by atoms with E-state index in [4.69, 9.17) is 0 Å². The number of nitrogens with one attached hydrogen (secondary N) is 1. The van der Waals surface area contributed by atoms with Crippen molar-refractivity contribution in [2.75, 3.05) is 18.9 Å². The molecule has 0 saturated heterocycles. The Morgan fingerprint density at radius 1 is 1.17 bits per heavy atom. The zero-order valence-corrected chi connectivity index (χ0v) is 13.4. The number of thiophene rings is 1. The maximum Gasteiger partial charge on any atom is 0.264 e. The highest BCUT2D eigenvalue weighted by atomic mass is 32.1. The van der Waals surface area contributed by atoms with Crippen molar-refractivity contribution in [1.29, 1.82) is 0 Å². The molecule has 0 aliphatic heterocycles. The van der Waals surface area contributed by atoms with Gasteiger partial charge in [0.05, 0.1) is 16.3 Å². The molecule has 2 rings (SSSR count). The molecule has 0 unspecified atom stereocenters. The highest BCUT2D eigenvalue weighted by Crippen LogP contribution is 2.18. The number of ketones is 1. The van der Waals surface area contributed by atoms with Gasteiger partial charge in [0.15, 0.2) is 5.78 Å². The number of halogens is 1. The van der Waals surface area contributed by atoms with Crippen molar-refractivity contribution in [1.82, 2.24) is 4.90 Å². The molecule has 5 nitrogen and oxygen atoms in total. The number of nitrogens with zero attached hydrogens (tertiary/aromatic N) is 1. The molecule has 0 fully saturated rings. The van der Waals surface area contributed by atoms with Crippen LogP contribution >= 0.6 is 11.3 Å². The van der Waals surface area contributed by atoms with Crippen LogP contribution in [0.25, 0.3) is 0 Å². The van der Waals surface area contributed by atoms with Gasteiger partial charge in [0.2, 0.25) is 5.91 Å². The van der Waals surface area contributed by atoms with E-state index in [1.54, 1.807) is 18.2 Å². The van der Waals surface area contributed by atoms with Crippen molar-refractivity contribution in [3.8, 4) is 0 Å². The number of likely N-dealkylation sites (N-methyl/N-ethyl adjacent to an activating group) is 1. The van der Waals surface area contributed by atoms with Gasteiger partial charge in [-0.25, -0.2) is 4.39 Å². The van der Waals surface area contributed by atoms with Gasteiger partial charge in [0, 0.05) is 12.7 Å². The molecule has 2 amide bonds. The SMILES string of the molecule is CC(=O)c1ccc(C(=O)N(C)CC(=O)Nc2cccc(F)c2)s1. The molecule has 7 heteroatoms. The fourth-order valence-electron chi connectivity index (χ4n) is 1.88. The third kappa shape index (κ3) is 4.46. The summed E-state index contributed by atoms with van der Waals surface area (Å²) in [5, 5.41) is 2.52. The minimum absolute atomic E-state index is 0.111. The highest BCUT2D eigenvalue weighted by molar-refractivity contribution is 7.15. The third-order valence-corrected chi connectivity index (χ3v) is 4.17. The summed E-state index contributed by atoms with van der Waals surface area (Å²) in [4.78, 5) is 37.5. The third-order valence-electron chi connectivity index (χ3n) is 3.00. The Labute approximate surface area is 136 Å². The Morgan fingerprint density at radius 3 is 2.48 bits per heavy atom. The van der Waals surface area contributed by atoms with E-state index in [0.29, 0.717) is 15.4 Å². The fourth-order valence-corrected chi connectivity index (χ4v) is 2.78. The van der Waals surface area contributed by atoms with E-state index in [9.17, 15) is 18.8 Å². The molecule has 0 radical (unpaired) electrons. The molecular formula is C16H15FN2O3S. The molecular weight excluding hydrogens is 319 g/mol. The summed E-state index contributed by atoms with van der Waals surface area (Å²) in [5.74, 6) is -1.35. The second-order valence-electron chi connectivity index (χ2n) is 4.94. The molecule has 0 aliphatic rings. The van der Waals surface area contributed by atoms with Gasteiger partial charge in [-0.1, -0.05) is 6.07 Å². The van der Waals surface area contributed by atoms with Crippen molar-refractivity contribution < 1.29 is 18.8 Å². The van der Waals surface area contributed by atoms with Crippen LogP contribution in [0.3, 0.4) is 0 Å². The molecule has 0 aliphatic carbocycles. The lowest BCUT2D eigenvalue weighted by atomic mass is 10.3. The molecule has 0 spiro atoms. The van der Waals surface area contributed by atoms with Crippen LogP contribution in [0.5, 0.6) is 0 Å². The Balaban J connectivity index is 1.97. The second kappa shape index (κ2) is 7.15. The predicted molar refractivity (Wildman–Crippen MR) is 86.3 cm³/mol. The molecule has 1 heterocycles. The van der Waals surface area contributed by atoms with Gasteiger partial charge in [-0.15, -0.1) is 11.3 Å². The van der Waals surface area contributed by atoms with Crippen LogP contribution < -0.4 is 5.32 Å². The van der Waals surface area contributed by atoms with Crippen LogP contribution in [0.2, 0.25) is 0 Å². The maximum atomic E-state index is 13.1. The largest absolute Gasteiger partial charge is 0.332 e. The van der Waals surface area contributed by atoms with Crippen LogP contribution in [0.15, 0.2) is 36.4 Å². The van der Waals surface area contributed by atoms with Crippen molar-refractivity contribution in [3.05, 3.63) is 52.0 Å². The van der Waals surface area contributed by atoms with Gasteiger partial charge in [0.1, 0.15) is 5.82 Å². The molecule has 1 N–H and O–H groups in total. The van der Waals surface area contributed by atoms with Crippen LogP contribution in [-0.4, -0.2) is 36.1 Å². The molecule has 1 aromatic heterocycles. The van der Waals surface area contributed by atoms with Crippen LogP contribution in [-0.2, 0) is 4.79 Å². The smallest absolute Gasteiger partial charge is 0.264 e. The minimum atomic E-state index is -0.456. The van der Waals surface area contributed by atoms with Gasteiger partial charge in [-0.3, -0.25) is 14.4 Å². The molecule has 0 atom stereocenters. The lowest BCUT2D eigenvalue weighted by Crippen LogP contribution is -2.34. The summed E-state index contributed by atoms with van der Waals surface area (Å²) in [5.41, 5.74) is 0.325. The summed E-state index contributed by atoms with van der Waals surface area (Å²) in [6.45, 7) is 1.25. The average Bonchev–Trinajstić information content (AvgIpc) is 2.96. The van der Waals surface area contributed by atoms with E-state index in [2.05, 4.69) is 5.32 Å². The van der Waals surface area contributed by atoms with E-state index in [0.717, 1.165) is 11.3 Å². The van der Waals surface area contributed by atoms with Crippen LogP contribution in [0.1, 0.15) is 26.3 Å². The van der Waals surface area contributed by atoms with Crippen molar-refractivity contribution >= 4 is 34.6 Å². The standard InChI is InChI=1S/C16H15FN2O3S/c1-10(20)13-6-7-14(23-13)16(22)19(2)9-15(21)18-12-5-3-4-11(17)8-12/h3-8H,9H2,1-2H3,(H,18,21). The Hall–Kier alpha value is -2.54. The van der Waals surface area contributed by atoms with E-state index in [-0.39, 0.29) is 18.2 Å². The zero-order chi connectivity index (χ0) is 17.0. The van der Waals surface area contributed by atoms with Crippen molar-refractivity contribution in [2.45, 2.75) is 6.92 Å². The number of anilines is 1. The van der Waals surface area contributed by atoms with Crippen molar-refractivity contribution in [3.63, 3.8) is 0 Å². The number of rotatable bonds is 5. The number of hydrogen-bond acceptors (Lipinski definition) is 4. The summed E-state index contributed by atoms with van der Waals surface area (Å²) in [6.07, 6.45) is 0. The van der Waals surface area contributed by atoms with Crippen LogP contribution in [0, 0.1) is 5.82 Å². The van der Waals surface area contributed by atoms with E-state index >= 15 is 0 Å². The minimum Gasteiger partial charge on any atom is -0.332 e. The van der Waals surface area contributed by atoms with Gasteiger partial charge in [-0.05, 0) is 37.3 Å². The average molecular weight is 334 g/mol. The highest BCUT2D eigenvalue weighted by Gasteiger charge is 2.18. The lowest BCUT2D eigenvalue weighted by Gasteiger charge is -2.15. The fraction of sp³-hybridized carbons (Fsp3) is 0.188. The number of amides is 2. The first-order chi connectivity index (χ1) is 10.9. The van der Waals surface area contributed by atoms with Gasteiger partial charge >= 0.3 is 0 Å². The lowest BCUT2D eigenvalue weighted by molar-refractivity contribution is -0.116. The first-order valence-electron chi connectivity index (χ1n) is 6.78. The molecule has 2 aromatic rings. The maximum absolute atomic E-state index is 13.1. The Kier molecular flexibility index (Phi) is 5.23. The summed E-state index contributed by atoms with van der Waals surface area (Å²) >= 11 is 1.09. The van der Waals surface area contributed by atoms with E-state index in [1.807, 2.05) is 0 Å². The van der Waals surface area contributed by atoms with E-state index < -0.39 is 11.7 Å². The number of carbonyl (C=O) groups excluding carboxylic acids is 3. The normalized spacial score (nSPS) is 10.2. The quantitative estimate of drug-likeness (QED) is 0.855.